The fourth-order valence-electron chi connectivity index (χ4n) is 2.09. The maximum Gasteiger partial charge on any atom is 0.119 e. The van der Waals surface area contributed by atoms with Gasteiger partial charge in [-0.15, -0.1) is 0 Å². The zero-order valence-electron chi connectivity index (χ0n) is 11.9. The summed E-state index contributed by atoms with van der Waals surface area (Å²) in [6.07, 6.45) is 0. The number of hydrogen-bond donors (Lipinski definition) is 1. The van der Waals surface area contributed by atoms with Gasteiger partial charge < -0.3 is 10.1 Å². The number of rotatable bonds is 6. The van der Waals surface area contributed by atoms with Gasteiger partial charge in [-0.1, -0.05) is 48.9 Å². The third-order valence-corrected chi connectivity index (χ3v) is 3.62. The van der Waals surface area contributed by atoms with Crippen LogP contribution < -0.4 is 10.1 Å². The number of ether oxygens (including phenoxy) is 1. The van der Waals surface area contributed by atoms with Crippen molar-refractivity contribution in [2.75, 3.05) is 13.2 Å². The molecule has 0 bridgehead atoms. The topological polar surface area (TPSA) is 21.3 Å². The maximum absolute atomic E-state index is 6.02. The van der Waals surface area contributed by atoms with Crippen molar-refractivity contribution in [2.45, 2.75) is 19.9 Å². The zero-order valence-corrected chi connectivity index (χ0v) is 12.7. The summed E-state index contributed by atoms with van der Waals surface area (Å²) >= 11 is 6.02. The van der Waals surface area contributed by atoms with Gasteiger partial charge in [0, 0.05) is 5.02 Å². The van der Waals surface area contributed by atoms with Gasteiger partial charge in [-0.3, -0.25) is 0 Å². The summed E-state index contributed by atoms with van der Waals surface area (Å²) in [5.41, 5.74) is 2.27. The Labute approximate surface area is 125 Å². The second-order valence-corrected chi connectivity index (χ2v) is 5.15. The summed E-state index contributed by atoms with van der Waals surface area (Å²) in [6, 6.07) is 16.3. The van der Waals surface area contributed by atoms with Gasteiger partial charge in [0.1, 0.15) is 12.4 Å². The van der Waals surface area contributed by atoms with Gasteiger partial charge in [0.25, 0.3) is 0 Å². The van der Waals surface area contributed by atoms with Crippen molar-refractivity contribution in [3.05, 3.63) is 64.7 Å². The highest BCUT2D eigenvalue weighted by Gasteiger charge is 2.10. The van der Waals surface area contributed by atoms with Crippen molar-refractivity contribution >= 4 is 11.6 Å². The molecular formula is C17H20ClNO. The summed E-state index contributed by atoms with van der Waals surface area (Å²) in [5, 5.41) is 4.21. The van der Waals surface area contributed by atoms with E-state index in [1.165, 1.54) is 5.56 Å². The van der Waals surface area contributed by atoms with Crippen LogP contribution in [0.1, 0.15) is 24.1 Å². The van der Waals surface area contributed by atoms with E-state index in [9.17, 15) is 0 Å². The summed E-state index contributed by atoms with van der Waals surface area (Å²) in [7, 11) is 0. The highest BCUT2D eigenvalue weighted by Crippen LogP contribution is 2.22. The molecule has 0 aliphatic heterocycles. The molecule has 0 saturated carbocycles. The molecule has 0 amide bonds. The fraction of sp³-hybridized carbons (Fsp3) is 0.294. The maximum atomic E-state index is 6.02. The standard InChI is InChI=1S/C17H20ClNO/c1-3-19-17(14-7-5-4-6-8-14)12-20-15-9-10-16(18)13(2)11-15/h4-11,17,19H,3,12H2,1-2H3. The van der Waals surface area contributed by atoms with Crippen LogP contribution in [0.5, 0.6) is 5.75 Å². The molecule has 0 radical (unpaired) electrons. The van der Waals surface area contributed by atoms with Crippen molar-refractivity contribution in [3.8, 4) is 5.75 Å². The summed E-state index contributed by atoms with van der Waals surface area (Å²) in [4.78, 5) is 0. The molecule has 2 rings (SSSR count). The van der Waals surface area contributed by atoms with Crippen LogP contribution in [0.15, 0.2) is 48.5 Å². The lowest BCUT2D eigenvalue weighted by Gasteiger charge is -2.19. The number of benzene rings is 2. The second kappa shape index (κ2) is 7.32. The lowest BCUT2D eigenvalue weighted by atomic mass is 10.1. The van der Waals surface area contributed by atoms with Crippen LogP contribution in [0, 0.1) is 6.92 Å². The van der Waals surface area contributed by atoms with E-state index in [-0.39, 0.29) is 6.04 Å². The lowest BCUT2D eigenvalue weighted by molar-refractivity contribution is 0.268. The largest absolute Gasteiger partial charge is 0.492 e. The van der Waals surface area contributed by atoms with Gasteiger partial charge in [-0.05, 0) is 42.8 Å². The first-order valence-corrected chi connectivity index (χ1v) is 7.25. The van der Waals surface area contributed by atoms with E-state index in [0.29, 0.717) is 6.61 Å². The minimum atomic E-state index is 0.192. The summed E-state index contributed by atoms with van der Waals surface area (Å²) in [5.74, 6) is 0.853. The van der Waals surface area contributed by atoms with Crippen LogP contribution in [0.25, 0.3) is 0 Å². The smallest absolute Gasteiger partial charge is 0.119 e. The third kappa shape index (κ3) is 3.99. The molecule has 0 saturated heterocycles. The molecule has 106 valence electrons. The molecule has 0 heterocycles. The lowest BCUT2D eigenvalue weighted by Crippen LogP contribution is -2.26. The molecule has 0 aliphatic rings. The summed E-state index contributed by atoms with van der Waals surface area (Å²) < 4.78 is 5.89. The predicted molar refractivity (Wildman–Crippen MR) is 84.5 cm³/mol. The average molecular weight is 290 g/mol. The first kappa shape index (κ1) is 14.9. The van der Waals surface area contributed by atoms with Crippen molar-refractivity contribution in [2.24, 2.45) is 0 Å². The van der Waals surface area contributed by atoms with Crippen LogP contribution in [-0.4, -0.2) is 13.2 Å². The van der Waals surface area contributed by atoms with Gasteiger partial charge in [0.05, 0.1) is 6.04 Å². The highest BCUT2D eigenvalue weighted by atomic mass is 35.5. The van der Waals surface area contributed by atoms with Gasteiger partial charge in [0.2, 0.25) is 0 Å². The molecule has 0 fully saturated rings. The van der Waals surface area contributed by atoms with E-state index in [1.807, 2.05) is 43.3 Å². The fourth-order valence-corrected chi connectivity index (χ4v) is 2.21. The Bertz CT molecular complexity index is 542. The number of aryl methyl sites for hydroxylation is 1. The Hall–Kier alpha value is -1.51. The molecule has 2 aromatic carbocycles. The monoisotopic (exact) mass is 289 g/mol. The van der Waals surface area contributed by atoms with Crippen molar-refractivity contribution < 1.29 is 4.74 Å². The number of likely N-dealkylation sites (N-methyl/N-ethyl adjacent to an activating group) is 1. The molecule has 0 aromatic heterocycles. The van der Waals surface area contributed by atoms with Gasteiger partial charge in [-0.25, -0.2) is 0 Å². The van der Waals surface area contributed by atoms with Crippen LogP contribution in [0.2, 0.25) is 5.02 Å². The minimum absolute atomic E-state index is 0.192. The Morgan fingerprint density at radius 3 is 2.55 bits per heavy atom. The molecule has 2 nitrogen and oxygen atoms in total. The molecule has 0 spiro atoms. The molecule has 3 heteroatoms. The molecule has 1 atom stereocenters. The zero-order chi connectivity index (χ0) is 14.4. The molecule has 1 N–H and O–H groups in total. The third-order valence-electron chi connectivity index (χ3n) is 3.20. The van der Waals surface area contributed by atoms with Gasteiger partial charge in [0.15, 0.2) is 0 Å². The van der Waals surface area contributed by atoms with Crippen LogP contribution in [-0.2, 0) is 0 Å². The van der Waals surface area contributed by atoms with Gasteiger partial charge in [-0.2, -0.15) is 0 Å². The Morgan fingerprint density at radius 2 is 1.90 bits per heavy atom. The van der Waals surface area contributed by atoms with Crippen LogP contribution >= 0.6 is 11.6 Å². The molecular weight excluding hydrogens is 270 g/mol. The van der Waals surface area contributed by atoms with E-state index >= 15 is 0 Å². The van der Waals surface area contributed by atoms with Gasteiger partial charge >= 0.3 is 0 Å². The molecule has 0 aliphatic carbocycles. The molecule has 20 heavy (non-hydrogen) atoms. The quantitative estimate of drug-likeness (QED) is 0.852. The summed E-state index contributed by atoms with van der Waals surface area (Å²) in [6.45, 7) is 5.58. The van der Waals surface area contributed by atoms with Crippen LogP contribution in [0.4, 0.5) is 0 Å². The van der Waals surface area contributed by atoms with Crippen molar-refractivity contribution in [1.29, 1.82) is 0 Å². The van der Waals surface area contributed by atoms with E-state index in [1.54, 1.807) is 0 Å². The number of hydrogen-bond acceptors (Lipinski definition) is 2. The van der Waals surface area contributed by atoms with Crippen molar-refractivity contribution in [3.63, 3.8) is 0 Å². The highest BCUT2D eigenvalue weighted by molar-refractivity contribution is 6.31. The predicted octanol–water partition coefficient (Wildman–Crippen LogP) is 4.38. The molecule has 1 unspecified atom stereocenters. The second-order valence-electron chi connectivity index (χ2n) is 4.74. The van der Waals surface area contributed by atoms with Crippen molar-refractivity contribution in [1.82, 2.24) is 5.32 Å². The first-order chi connectivity index (χ1) is 9.70. The Balaban J connectivity index is 2.03. The number of nitrogens with one attached hydrogen (secondary N) is 1. The van der Waals surface area contributed by atoms with E-state index in [0.717, 1.165) is 22.9 Å². The Kier molecular flexibility index (Phi) is 5.45. The minimum Gasteiger partial charge on any atom is -0.492 e. The first-order valence-electron chi connectivity index (χ1n) is 6.88. The SMILES string of the molecule is CCNC(COc1ccc(Cl)c(C)c1)c1ccccc1. The van der Waals surface area contributed by atoms with Crippen LogP contribution in [0.3, 0.4) is 0 Å². The molecule has 2 aromatic rings. The normalized spacial score (nSPS) is 12.2. The van der Waals surface area contributed by atoms with E-state index in [2.05, 4.69) is 24.4 Å². The Morgan fingerprint density at radius 1 is 1.15 bits per heavy atom. The number of halogens is 1. The average Bonchev–Trinajstić information content (AvgIpc) is 2.48. The van der Waals surface area contributed by atoms with E-state index < -0.39 is 0 Å². The van der Waals surface area contributed by atoms with E-state index in [4.69, 9.17) is 16.3 Å².